The maximum atomic E-state index is 12.0. The van der Waals surface area contributed by atoms with Gasteiger partial charge in [0.05, 0.1) is 19.0 Å². The Labute approximate surface area is 93.4 Å². The number of nitrogens with two attached hydrogens (primary N) is 1. The van der Waals surface area contributed by atoms with Gasteiger partial charge in [0, 0.05) is 19.7 Å². The van der Waals surface area contributed by atoms with Gasteiger partial charge in [-0.3, -0.25) is 9.78 Å². The van der Waals surface area contributed by atoms with Crippen molar-refractivity contribution in [2.24, 2.45) is 0 Å². The number of aromatic nitrogens is 2. The summed E-state index contributed by atoms with van der Waals surface area (Å²) in [6, 6.07) is 0. The highest BCUT2D eigenvalue weighted by Gasteiger charge is 2.18. The van der Waals surface area contributed by atoms with E-state index in [2.05, 4.69) is 9.97 Å². The molecule has 1 amide bonds. The van der Waals surface area contributed by atoms with Crippen molar-refractivity contribution in [2.45, 2.75) is 6.42 Å². The Morgan fingerprint density at radius 3 is 3.06 bits per heavy atom. The summed E-state index contributed by atoms with van der Waals surface area (Å²) in [6.07, 6.45) is 3.70. The molecule has 0 spiro atoms. The molecule has 6 heteroatoms. The lowest BCUT2D eigenvalue weighted by Gasteiger charge is -2.18. The van der Waals surface area contributed by atoms with Crippen LogP contribution in [0.3, 0.4) is 0 Å². The summed E-state index contributed by atoms with van der Waals surface area (Å²) in [7, 11) is 0. The minimum Gasteiger partial charge on any atom is -0.382 e. The summed E-state index contributed by atoms with van der Waals surface area (Å²) in [5, 5.41) is 0. The summed E-state index contributed by atoms with van der Waals surface area (Å²) in [5.74, 6) is 0.127. The van der Waals surface area contributed by atoms with E-state index in [1.54, 1.807) is 4.90 Å². The van der Waals surface area contributed by atoms with Crippen LogP contribution in [-0.2, 0) is 4.74 Å². The minimum absolute atomic E-state index is 0.134. The van der Waals surface area contributed by atoms with E-state index < -0.39 is 0 Å². The monoisotopic (exact) mass is 222 g/mol. The first-order valence-electron chi connectivity index (χ1n) is 5.22. The van der Waals surface area contributed by atoms with E-state index >= 15 is 0 Å². The van der Waals surface area contributed by atoms with Crippen molar-refractivity contribution in [3.05, 3.63) is 18.1 Å². The van der Waals surface area contributed by atoms with E-state index in [4.69, 9.17) is 10.5 Å². The highest BCUT2D eigenvalue weighted by atomic mass is 16.5. The molecule has 6 nitrogen and oxygen atoms in total. The van der Waals surface area contributed by atoms with Crippen LogP contribution in [0, 0.1) is 0 Å². The highest BCUT2D eigenvalue weighted by molar-refractivity contribution is 5.92. The molecule has 86 valence electrons. The molecule has 16 heavy (non-hydrogen) atoms. The molecule has 2 rings (SSSR count). The summed E-state index contributed by atoms with van der Waals surface area (Å²) in [6.45, 7) is 2.55. The second-order valence-corrected chi connectivity index (χ2v) is 3.59. The van der Waals surface area contributed by atoms with Gasteiger partial charge in [-0.05, 0) is 6.42 Å². The van der Waals surface area contributed by atoms with Crippen molar-refractivity contribution in [3.63, 3.8) is 0 Å². The molecule has 1 saturated heterocycles. The molecule has 1 fully saturated rings. The molecule has 0 aliphatic carbocycles. The van der Waals surface area contributed by atoms with Gasteiger partial charge < -0.3 is 15.4 Å². The lowest BCUT2D eigenvalue weighted by Crippen LogP contribution is -2.33. The summed E-state index contributed by atoms with van der Waals surface area (Å²) in [5.41, 5.74) is 5.78. The number of rotatable bonds is 1. The largest absolute Gasteiger partial charge is 0.382 e. The van der Waals surface area contributed by atoms with Crippen LogP contribution in [0.5, 0.6) is 0 Å². The number of nitrogens with zero attached hydrogens (tertiary/aromatic N) is 3. The van der Waals surface area contributed by atoms with E-state index in [0.29, 0.717) is 32.0 Å². The van der Waals surface area contributed by atoms with Crippen LogP contribution in [-0.4, -0.2) is 47.1 Å². The van der Waals surface area contributed by atoms with Gasteiger partial charge in [-0.15, -0.1) is 0 Å². The van der Waals surface area contributed by atoms with Gasteiger partial charge in [0.2, 0.25) is 0 Å². The maximum absolute atomic E-state index is 12.0. The minimum atomic E-state index is -0.134. The van der Waals surface area contributed by atoms with Gasteiger partial charge in [0.15, 0.2) is 0 Å². The van der Waals surface area contributed by atoms with Crippen LogP contribution < -0.4 is 5.73 Å². The van der Waals surface area contributed by atoms with Crippen molar-refractivity contribution >= 4 is 11.7 Å². The predicted octanol–water partition coefficient (Wildman–Crippen LogP) is -0.0787. The highest BCUT2D eigenvalue weighted by Crippen LogP contribution is 2.06. The molecule has 0 bridgehead atoms. The van der Waals surface area contributed by atoms with Gasteiger partial charge in [0.25, 0.3) is 5.91 Å². The second-order valence-electron chi connectivity index (χ2n) is 3.59. The first kappa shape index (κ1) is 10.8. The molecule has 2 N–H and O–H groups in total. The first-order valence-corrected chi connectivity index (χ1v) is 5.22. The Kier molecular flexibility index (Phi) is 3.31. The summed E-state index contributed by atoms with van der Waals surface area (Å²) < 4.78 is 5.28. The number of carbonyl (C=O) groups excluding carboxylic acids is 1. The zero-order valence-electron chi connectivity index (χ0n) is 8.93. The Balaban J connectivity index is 2.11. The molecular formula is C10H14N4O2. The summed E-state index contributed by atoms with van der Waals surface area (Å²) in [4.78, 5) is 21.6. The molecule has 0 radical (unpaired) electrons. The second kappa shape index (κ2) is 4.89. The standard InChI is InChI=1S/C10H14N4O2/c11-9-7-12-6-8(13-9)10(15)14-2-1-4-16-5-3-14/h6-7H,1-5H2,(H2,11,13). The topological polar surface area (TPSA) is 81.3 Å². The van der Waals surface area contributed by atoms with Crippen LogP contribution in [0.1, 0.15) is 16.9 Å². The van der Waals surface area contributed by atoms with Gasteiger partial charge in [-0.25, -0.2) is 4.98 Å². The Morgan fingerprint density at radius 1 is 1.38 bits per heavy atom. The molecule has 1 aliphatic rings. The fourth-order valence-electron chi connectivity index (χ4n) is 1.60. The number of hydrogen-bond acceptors (Lipinski definition) is 5. The van der Waals surface area contributed by atoms with Crippen LogP contribution in [0.15, 0.2) is 12.4 Å². The third-order valence-corrected chi connectivity index (χ3v) is 2.38. The number of hydrogen-bond donors (Lipinski definition) is 1. The van der Waals surface area contributed by atoms with Crippen LogP contribution in [0.2, 0.25) is 0 Å². The molecule has 0 atom stereocenters. The third kappa shape index (κ3) is 2.46. The SMILES string of the molecule is Nc1cncc(C(=O)N2CCCOCC2)n1. The zero-order chi connectivity index (χ0) is 11.4. The quantitative estimate of drug-likeness (QED) is 0.718. The van der Waals surface area contributed by atoms with E-state index in [1.807, 2.05) is 0 Å². The van der Waals surface area contributed by atoms with E-state index in [1.165, 1.54) is 12.4 Å². The molecule has 1 aliphatic heterocycles. The van der Waals surface area contributed by atoms with Crippen molar-refractivity contribution in [3.8, 4) is 0 Å². The lowest BCUT2D eigenvalue weighted by atomic mass is 10.3. The average Bonchev–Trinajstić information content (AvgIpc) is 2.56. The molecule has 0 aromatic carbocycles. The fourth-order valence-corrected chi connectivity index (χ4v) is 1.60. The first-order chi connectivity index (χ1) is 7.77. The Bertz CT molecular complexity index is 375. The number of amides is 1. The van der Waals surface area contributed by atoms with Crippen molar-refractivity contribution in [1.82, 2.24) is 14.9 Å². The van der Waals surface area contributed by atoms with Crippen molar-refractivity contribution in [2.75, 3.05) is 32.0 Å². The van der Waals surface area contributed by atoms with Gasteiger partial charge in [-0.2, -0.15) is 0 Å². The predicted molar refractivity (Wildman–Crippen MR) is 57.8 cm³/mol. The lowest BCUT2D eigenvalue weighted by molar-refractivity contribution is 0.0735. The molecule has 2 heterocycles. The smallest absolute Gasteiger partial charge is 0.274 e. The molecule has 0 saturated carbocycles. The number of carbonyl (C=O) groups is 1. The van der Waals surface area contributed by atoms with Crippen LogP contribution >= 0.6 is 0 Å². The summed E-state index contributed by atoms with van der Waals surface area (Å²) >= 11 is 0. The Hall–Kier alpha value is -1.69. The van der Waals surface area contributed by atoms with E-state index in [9.17, 15) is 4.79 Å². The average molecular weight is 222 g/mol. The molecule has 1 aromatic rings. The molecular weight excluding hydrogens is 208 g/mol. The van der Waals surface area contributed by atoms with Crippen LogP contribution in [0.25, 0.3) is 0 Å². The van der Waals surface area contributed by atoms with Crippen LogP contribution in [0.4, 0.5) is 5.82 Å². The Morgan fingerprint density at radius 2 is 2.25 bits per heavy atom. The van der Waals surface area contributed by atoms with Gasteiger partial charge in [-0.1, -0.05) is 0 Å². The van der Waals surface area contributed by atoms with Gasteiger partial charge >= 0.3 is 0 Å². The molecule has 1 aromatic heterocycles. The van der Waals surface area contributed by atoms with Gasteiger partial charge in [0.1, 0.15) is 11.5 Å². The fraction of sp³-hybridized carbons (Fsp3) is 0.500. The normalized spacial score (nSPS) is 16.9. The maximum Gasteiger partial charge on any atom is 0.274 e. The molecule has 0 unspecified atom stereocenters. The van der Waals surface area contributed by atoms with E-state index in [0.717, 1.165) is 6.42 Å². The van der Waals surface area contributed by atoms with Crippen molar-refractivity contribution < 1.29 is 9.53 Å². The number of ether oxygens (including phenoxy) is 1. The third-order valence-electron chi connectivity index (χ3n) is 2.38. The zero-order valence-corrected chi connectivity index (χ0v) is 8.93. The van der Waals surface area contributed by atoms with Crippen molar-refractivity contribution in [1.29, 1.82) is 0 Å². The van der Waals surface area contributed by atoms with E-state index in [-0.39, 0.29) is 11.7 Å². The number of nitrogen functional groups attached to an aromatic ring is 1. The number of anilines is 1.